The van der Waals surface area contributed by atoms with Crippen LogP contribution in [0.5, 0.6) is 0 Å². The lowest BCUT2D eigenvalue weighted by molar-refractivity contribution is -0.0257. The van der Waals surface area contributed by atoms with Crippen LogP contribution < -0.4 is 5.84 Å². The third-order valence-corrected chi connectivity index (χ3v) is 5.45. The van der Waals surface area contributed by atoms with E-state index in [4.69, 9.17) is 20.1 Å². The number of benzene rings is 2. The van der Waals surface area contributed by atoms with E-state index in [0.29, 0.717) is 31.4 Å². The number of nitrogens with zero attached hydrogens (tertiary/aromatic N) is 1. The first-order valence-corrected chi connectivity index (χ1v) is 10.8. The van der Waals surface area contributed by atoms with Crippen LogP contribution in [0.4, 0.5) is 0 Å². The summed E-state index contributed by atoms with van der Waals surface area (Å²) < 4.78 is 18.2. The van der Waals surface area contributed by atoms with Gasteiger partial charge in [-0.2, -0.15) is 0 Å². The van der Waals surface area contributed by atoms with Gasteiger partial charge in [-0.05, 0) is 35.6 Å². The molecule has 2 N–H and O–H groups in total. The van der Waals surface area contributed by atoms with Gasteiger partial charge in [0.25, 0.3) is 0 Å². The van der Waals surface area contributed by atoms with E-state index in [1.54, 1.807) is 13.2 Å². The Morgan fingerprint density at radius 2 is 1.62 bits per heavy atom. The van der Waals surface area contributed by atoms with E-state index in [-0.39, 0.29) is 12.2 Å². The van der Waals surface area contributed by atoms with E-state index >= 15 is 0 Å². The van der Waals surface area contributed by atoms with Crippen LogP contribution in [-0.4, -0.2) is 30.8 Å². The Balaban J connectivity index is 0.000000269. The molecule has 0 bridgehead atoms. The zero-order chi connectivity index (χ0) is 22.8. The molecule has 1 aromatic heterocycles. The molecule has 6 heteroatoms. The maximum atomic E-state index is 10.9. The van der Waals surface area contributed by atoms with Crippen molar-refractivity contribution < 1.29 is 19.0 Å². The van der Waals surface area contributed by atoms with Gasteiger partial charge in [-0.1, -0.05) is 67.6 Å². The lowest BCUT2D eigenvalue weighted by Crippen LogP contribution is -2.20. The number of rotatable bonds is 8. The Labute approximate surface area is 189 Å². The fourth-order valence-corrected chi connectivity index (χ4v) is 3.84. The lowest BCUT2D eigenvalue weighted by atomic mass is 10.00. The summed E-state index contributed by atoms with van der Waals surface area (Å²) in [5.74, 6) is 6.28. The van der Waals surface area contributed by atoms with Gasteiger partial charge in [0.2, 0.25) is 0 Å². The predicted octanol–water partition coefficient (Wildman–Crippen LogP) is 4.53. The molecule has 0 aliphatic carbocycles. The molecule has 170 valence electrons. The Morgan fingerprint density at radius 3 is 2.19 bits per heavy atom. The summed E-state index contributed by atoms with van der Waals surface area (Å²) in [5, 5.41) is 0. The van der Waals surface area contributed by atoms with Gasteiger partial charge >= 0.3 is 0 Å². The van der Waals surface area contributed by atoms with Crippen LogP contribution in [0.1, 0.15) is 46.8 Å². The first kappa shape index (κ1) is 23.7. The average Bonchev–Trinajstić information content (AvgIpc) is 3.37. The van der Waals surface area contributed by atoms with Gasteiger partial charge < -0.3 is 20.1 Å². The molecule has 1 fully saturated rings. The molecule has 0 amide bonds. The Kier molecular flexibility index (Phi) is 9.04. The third kappa shape index (κ3) is 6.53. The summed E-state index contributed by atoms with van der Waals surface area (Å²) in [6, 6.07) is 23.8. The highest BCUT2D eigenvalue weighted by Gasteiger charge is 2.35. The van der Waals surface area contributed by atoms with Gasteiger partial charge in [-0.25, -0.2) is 0 Å². The summed E-state index contributed by atoms with van der Waals surface area (Å²) in [6.45, 7) is 3.99. The van der Waals surface area contributed by atoms with Crippen molar-refractivity contribution in [3.8, 4) is 0 Å². The number of methoxy groups -OCH3 is 1. The highest BCUT2D eigenvalue weighted by atomic mass is 16.5. The molecule has 3 atom stereocenters. The molecule has 1 aliphatic heterocycles. The second-order valence-corrected chi connectivity index (χ2v) is 7.98. The summed E-state index contributed by atoms with van der Waals surface area (Å²) in [4.78, 5) is 10.9. The number of aldehydes is 1. The quantitative estimate of drug-likeness (QED) is 0.415. The van der Waals surface area contributed by atoms with Crippen LogP contribution in [0, 0.1) is 5.92 Å². The minimum atomic E-state index is -0.0981. The summed E-state index contributed by atoms with van der Waals surface area (Å²) in [5.41, 5.74) is 3.67. The molecular weight excluding hydrogens is 404 g/mol. The van der Waals surface area contributed by atoms with Crippen LogP contribution in [0.2, 0.25) is 0 Å². The lowest BCUT2D eigenvalue weighted by Gasteiger charge is -2.17. The van der Waals surface area contributed by atoms with Crippen molar-refractivity contribution in [2.75, 3.05) is 19.6 Å². The topological polar surface area (TPSA) is 75.7 Å². The second-order valence-electron chi connectivity index (χ2n) is 7.98. The van der Waals surface area contributed by atoms with Crippen molar-refractivity contribution in [3.63, 3.8) is 0 Å². The van der Waals surface area contributed by atoms with Crippen molar-refractivity contribution in [3.05, 3.63) is 95.3 Å². The first-order valence-electron chi connectivity index (χ1n) is 10.8. The van der Waals surface area contributed by atoms with Crippen molar-refractivity contribution in [2.45, 2.75) is 38.8 Å². The van der Waals surface area contributed by atoms with Gasteiger partial charge in [0, 0.05) is 7.11 Å². The van der Waals surface area contributed by atoms with Crippen molar-refractivity contribution in [2.24, 2.45) is 5.92 Å². The number of nitrogen functional groups attached to an aromatic ring is 1. The molecule has 2 aromatic carbocycles. The van der Waals surface area contributed by atoms with E-state index in [1.165, 1.54) is 10.2 Å². The molecule has 0 saturated carbocycles. The standard InChI is InChI=1S/C18H22N2O3.C8H10O/c1-13-9-16(12-22-11-14-5-3-2-4-6-14)23-18(13)17-8-7-15(10-21)20(17)19;1-9-7-8-5-3-2-4-6-8/h2-8,10,13,16,18H,9,11-12,19H2,1H3;2-6H,7H2,1H3. The van der Waals surface area contributed by atoms with Crippen molar-refractivity contribution >= 4 is 6.29 Å². The first-order chi connectivity index (χ1) is 15.6. The molecular formula is C26H32N2O4. The summed E-state index contributed by atoms with van der Waals surface area (Å²) in [6.07, 6.45) is 1.62. The van der Waals surface area contributed by atoms with Gasteiger partial charge in [0.1, 0.15) is 11.8 Å². The largest absolute Gasteiger partial charge is 0.380 e. The van der Waals surface area contributed by atoms with Crippen LogP contribution >= 0.6 is 0 Å². The number of nitrogens with two attached hydrogens (primary N) is 1. The molecule has 0 radical (unpaired) electrons. The summed E-state index contributed by atoms with van der Waals surface area (Å²) in [7, 11) is 1.70. The molecule has 6 nitrogen and oxygen atoms in total. The predicted molar refractivity (Wildman–Crippen MR) is 125 cm³/mol. The minimum Gasteiger partial charge on any atom is -0.380 e. The Morgan fingerprint density at radius 1 is 1.00 bits per heavy atom. The number of carbonyl (C=O) groups excluding carboxylic acids is 1. The van der Waals surface area contributed by atoms with E-state index in [1.807, 2.05) is 66.7 Å². The summed E-state index contributed by atoms with van der Waals surface area (Å²) >= 11 is 0. The molecule has 2 heterocycles. The molecule has 0 spiro atoms. The van der Waals surface area contributed by atoms with Gasteiger partial charge in [-0.3, -0.25) is 9.47 Å². The Bertz CT molecular complexity index is 943. The third-order valence-electron chi connectivity index (χ3n) is 5.45. The molecule has 32 heavy (non-hydrogen) atoms. The van der Waals surface area contributed by atoms with E-state index < -0.39 is 0 Å². The zero-order valence-electron chi connectivity index (χ0n) is 18.7. The van der Waals surface area contributed by atoms with Crippen LogP contribution in [-0.2, 0) is 27.4 Å². The smallest absolute Gasteiger partial charge is 0.168 e. The second kappa shape index (κ2) is 12.2. The number of carbonyl (C=O) groups is 1. The zero-order valence-corrected chi connectivity index (χ0v) is 18.7. The van der Waals surface area contributed by atoms with Crippen LogP contribution in [0.3, 0.4) is 0 Å². The van der Waals surface area contributed by atoms with Crippen LogP contribution in [0.25, 0.3) is 0 Å². The number of hydrogen-bond acceptors (Lipinski definition) is 5. The van der Waals surface area contributed by atoms with Gasteiger partial charge in [-0.15, -0.1) is 0 Å². The molecule has 1 saturated heterocycles. The van der Waals surface area contributed by atoms with Gasteiger partial charge in [0.15, 0.2) is 6.29 Å². The minimum absolute atomic E-state index is 0.0493. The normalized spacial score (nSPS) is 19.9. The van der Waals surface area contributed by atoms with E-state index in [0.717, 1.165) is 24.0 Å². The van der Waals surface area contributed by atoms with Crippen molar-refractivity contribution in [1.29, 1.82) is 0 Å². The molecule has 4 rings (SSSR count). The highest BCUT2D eigenvalue weighted by Crippen LogP contribution is 2.38. The molecule has 3 unspecified atom stereocenters. The van der Waals surface area contributed by atoms with Gasteiger partial charge in [0.05, 0.1) is 31.6 Å². The molecule has 1 aliphatic rings. The van der Waals surface area contributed by atoms with Crippen molar-refractivity contribution in [1.82, 2.24) is 4.68 Å². The maximum absolute atomic E-state index is 10.9. The number of ether oxygens (including phenoxy) is 3. The van der Waals surface area contributed by atoms with E-state index in [9.17, 15) is 4.79 Å². The number of aromatic nitrogens is 1. The fraction of sp³-hybridized carbons (Fsp3) is 0.346. The Hall–Kier alpha value is -2.93. The van der Waals surface area contributed by atoms with Crippen LogP contribution in [0.15, 0.2) is 72.8 Å². The SMILES string of the molecule is CC1CC(COCc2ccccc2)OC1c1ccc(C=O)n1N.COCc1ccccc1. The maximum Gasteiger partial charge on any atom is 0.168 e. The fourth-order valence-electron chi connectivity index (χ4n) is 3.84. The average molecular weight is 437 g/mol. The number of hydrogen-bond donors (Lipinski definition) is 1. The highest BCUT2D eigenvalue weighted by molar-refractivity contribution is 5.72. The van der Waals surface area contributed by atoms with E-state index in [2.05, 4.69) is 6.92 Å². The monoisotopic (exact) mass is 436 g/mol. The molecule has 3 aromatic rings.